The van der Waals surface area contributed by atoms with Gasteiger partial charge in [-0.1, -0.05) is 182 Å². The van der Waals surface area contributed by atoms with Gasteiger partial charge in [0.15, 0.2) is 23.3 Å². The van der Waals surface area contributed by atoms with Crippen LogP contribution in [0.3, 0.4) is 0 Å². The Bertz CT molecular complexity index is 2620. The van der Waals surface area contributed by atoms with Gasteiger partial charge in [0, 0.05) is 33.4 Å². The molecule has 54 heavy (non-hydrogen) atoms. The molecule has 0 saturated carbocycles. The quantitative estimate of drug-likeness (QED) is 0.159. The molecule has 7 aromatic carbocycles. The van der Waals surface area contributed by atoms with E-state index in [1.54, 1.807) is 0 Å². The summed E-state index contributed by atoms with van der Waals surface area (Å²) in [6.07, 6.45) is 0. The van der Waals surface area contributed by atoms with Gasteiger partial charge >= 0.3 is 0 Å². The van der Waals surface area contributed by atoms with E-state index in [0.29, 0.717) is 23.3 Å². The van der Waals surface area contributed by atoms with Crippen molar-refractivity contribution in [1.29, 1.82) is 0 Å². The van der Waals surface area contributed by atoms with E-state index in [2.05, 4.69) is 115 Å². The maximum Gasteiger partial charge on any atom is 0.164 e. The first-order chi connectivity index (χ1) is 26.7. The molecule has 0 spiro atoms. The Morgan fingerprint density at radius 2 is 0.500 bits per heavy atom. The van der Waals surface area contributed by atoms with Gasteiger partial charge in [0.2, 0.25) is 0 Å². The molecule has 0 aliphatic carbocycles. The highest BCUT2D eigenvalue weighted by atomic mass is 15.0. The molecule has 2 aromatic heterocycles. The first-order valence-electron chi connectivity index (χ1n) is 17.9. The number of hydrogen-bond donors (Lipinski definition) is 0. The summed E-state index contributed by atoms with van der Waals surface area (Å²) in [7, 11) is 0. The summed E-state index contributed by atoms with van der Waals surface area (Å²) in [6, 6.07) is 68.2. The maximum absolute atomic E-state index is 5.06. The van der Waals surface area contributed by atoms with Crippen molar-refractivity contribution in [2.24, 2.45) is 0 Å². The van der Waals surface area contributed by atoms with Gasteiger partial charge in [-0.3, -0.25) is 0 Å². The van der Waals surface area contributed by atoms with Gasteiger partial charge in [-0.2, -0.15) is 0 Å². The number of aromatic nitrogens is 5. The number of hydrogen-bond acceptors (Lipinski definition) is 5. The first kappa shape index (κ1) is 32.5. The second kappa shape index (κ2) is 14.7. The van der Waals surface area contributed by atoms with Crippen LogP contribution in [0.4, 0.5) is 0 Å². The molecule has 5 heteroatoms. The highest BCUT2D eigenvalue weighted by molar-refractivity contribution is 5.78. The van der Waals surface area contributed by atoms with E-state index in [9.17, 15) is 0 Å². The van der Waals surface area contributed by atoms with Crippen molar-refractivity contribution in [1.82, 2.24) is 24.9 Å². The molecule has 9 aromatic rings. The normalized spacial score (nSPS) is 11.0. The molecule has 0 fully saturated rings. The van der Waals surface area contributed by atoms with Crippen LogP contribution in [0.15, 0.2) is 200 Å². The van der Waals surface area contributed by atoms with Gasteiger partial charge in [-0.15, -0.1) is 0 Å². The fraction of sp³-hybridized carbons (Fsp3) is 0. The van der Waals surface area contributed by atoms with Crippen LogP contribution in [0.5, 0.6) is 0 Å². The van der Waals surface area contributed by atoms with Crippen LogP contribution in [-0.4, -0.2) is 24.9 Å². The van der Waals surface area contributed by atoms with E-state index in [0.717, 1.165) is 61.5 Å². The lowest BCUT2D eigenvalue weighted by molar-refractivity contribution is 1.07. The monoisotopic (exact) mass is 691 g/mol. The molecule has 0 N–H and O–H groups in total. The molecule has 9 rings (SSSR count). The van der Waals surface area contributed by atoms with Crippen LogP contribution < -0.4 is 0 Å². The SMILES string of the molecule is c1ccc(-c2ccc(-c3nc(-c4ccccc4)nc(-c4cccc(-c5cccc(-c6cc(-c7ccccc7)nc(-c7ccccc7)n6)c5)c4)n3)cc2)cc1. The van der Waals surface area contributed by atoms with E-state index in [4.69, 9.17) is 24.9 Å². The van der Waals surface area contributed by atoms with Gasteiger partial charge in [-0.05, 0) is 40.5 Å². The minimum absolute atomic E-state index is 0.611. The highest BCUT2D eigenvalue weighted by Gasteiger charge is 2.15. The Kier molecular flexibility index (Phi) is 8.86. The Morgan fingerprint density at radius 1 is 0.185 bits per heavy atom. The number of nitrogens with zero attached hydrogens (tertiary/aromatic N) is 5. The summed E-state index contributed by atoms with van der Waals surface area (Å²) < 4.78 is 0. The van der Waals surface area contributed by atoms with Crippen molar-refractivity contribution in [3.8, 4) is 90.3 Å². The van der Waals surface area contributed by atoms with E-state index in [1.165, 1.54) is 5.56 Å². The standard InChI is InChI=1S/C49H33N5/c1-5-15-34(16-6-1)35-27-29-39(30-28-35)48-52-47(38-21-11-4-12-22-38)53-49(54-48)43-26-14-24-41(32-43)40-23-13-25-42(31-40)45-33-44(36-17-7-2-8-18-36)50-46(51-45)37-19-9-3-10-20-37/h1-33H. The Balaban J connectivity index is 1.10. The zero-order chi connectivity index (χ0) is 36.1. The van der Waals surface area contributed by atoms with Crippen LogP contribution >= 0.6 is 0 Å². The molecule has 0 saturated heterocycles. The Morgan fingerprint density at radius 3 is 1.04 bits per heavy atom. The molecule has 0 bridgehead atoms. The third-order valence-corrected chi connectivity index (χ3v) is 9.36. The number of benzene rings is 7. The topological polar surface area (TPSA) is 64.5 Å². The summed E-state index contributed by atoms with van der Waals surface area (Å²) in [6.45, 7) is 0. The molecule has 254 valence electrons. The maximum atomic E-state index is 5.06. The van der Waals surface area contributed by atoms with Crippen molar-refractivity contribution >= 4 is 0 Å². The zero-order valence-electron chi connectivity index (χ0n) is 29.3. The average molecular weight is 692 g/mol. The fourth-order valence-electron chi connectivity index (χ4n) is 6.56. The molecule has 0 aliphatic rings. The zero-order valence-corrected chi connectivity index (χ0v) is 29.3. The van der Waals surface area contributed by atoms with Gasteiger partial charge in [0.05, 0.1) is 11.4 Å². The second-order valence-electron chi connectivity index (χ2n) is 13.0. The van der Waals surface area contributed by atoms with Gasteiger partial charge in [0.25, 0.3) is 0 Å². The van der Waals surface area contributed by atoms with Crippen molar-refractivity contribution < 1.29 is 0 Å². The third kappa shape index (κ3) is 6.94. The Labute approximate surface area is 314 Å². The molecule has 0 atom stereocenters. The van der Waals surface area contributed by atoms with Crippen molar-refractivity contribution in [2.45, 2.75) is 0 Å². The molecular formula is C49H33N5. The van der Waals surface area contributed by atoms with Crippen molar-refractivity contribution in [2.75, 3.05) is 0 Å². The van der Waals surface area contributed by atoms with Gasteiger partial charge in [0.1, 0.15) is 0 Å². The van der Waals surface area contributed by atoms with E-state index >= 15 is 0 Å². The molecule has 2 heterocycles. The van der Waals surface area contributed by atoms with Crippen LogP contribution in [0.2, 0.25) is 0 Å². The Hall–Kier alpha value is -7.37. The predicted molar refractivity (Wildman–Crippen MR) is 219 cm³/mol. The summed E-state index contributed by atoms with van der Waals surface area (Å²) >= 11 is 0. The molecule has 0 unspecified atom stereocenters. The summed E-state index contributed by atoms with van der Waals surface area (Å²) in [4.78, 5) is 25.0. The molecule has 0 radical (unpaired) electrons. The van der Waals surface area contributed by atoms with E-state index in [1.807, 2.05) is 84.9 Å². The summed E-state index contributed by atoms with van der Waals surface area (Å²) in [5.74, 6) is 2.55. The largest absolute Gasteiger partial charge is 0.228 e. The lowest BCUT2D eigenvalue weighted by Crippen LogP contribution is -2.00. The van der Waals surface area contributed by atoms with Crippen LogP contribution in [0.1, 0.15) is 0 Å². The highest BCUT2D eigenvalue weighted by Crippen LogP contribution is 2.33. The van der Waals surface area contributed by atoms with Crippen LogP contribution in [0.25, 0.3) is 90.3 Å². The predicted octanol–water partition coefficient (Wildman–Crippen LogP) is 12.0. The summed E-state index contributed by atoms with van der Waals surface area (Å²) in [5.41, 5.74) is 11.9. The second-order valence-corrected chi connectivity index (χ2v) is 13.0. The smallest absolute Gasteiger partial charge is 0.164 e. The fourth-order valence-corrected chi connectivity index (χ4v) is 6.56. The van der Waals surface area contributed by atoms with Crippen LogP contribution in [-0.2, 0) is 0 Å². The molecule has 5 nitrogen and oxygen atoms in total. The summed E-state index contributed by atoms with van der Waals surface area (Å²) in [5, 5.41) is 0. The van der Waals surface area contributed by atoms with Crippen LogP contribution in [0, 0.1) is 0 Å². The molecule has 0 aliphatic heterocycles. The van der Waals surface area contributed by atoms with Gasteiger partial charge in [-0.25, -0.2) is 24.9 Å². The minimum atomic E-state index is 0.611. The minimum Gasteiger partial charge on any atom is -0.228 e. The van der Waals surface area contributed by atoms with E-state index in [-0.39, 0.29) is 0 Å². The lowest BCUT2D eigenvalue weighted by Gasteiger charge is -2.12. The molecule has 0 amide bonds. The van der Waals surface area contributed by atoms with Crippen molar-refractivity contribution in [3.05, 3.63) is 200 Å². The number of rotatable bonds is 8. The van der Waals surface area contributed by atoms with E-state index < -0.39 is 0 Å². The third-order valence-electron chi connectivity index (χ3n) is 9.36. The first-order valence-corrected chi connectivity index (χ1v) is 17.9. The molecular weight excluding hydrogens is 659 g/mol. The van der Waals surface area contributed by atoms with Crippen molar-refractivity contribution in [3.63, 3.8) is 0 Å². The van der Waals surface area contributed by atoms with Gasteiger partial charge < -0.3 is 0 Å². The lowest BCUT2D eigenvalue weighted by atomic mass is 9.99. The average Bonchev–Trinajstić information content (AvgIpc) is 3.27.